The van der Waals surface area contributed by atoms with Crippen molar-refractivity contribution >= 4 is 13.2 Å². The van der Waals surface area contributed by atoms with Crippen LogP contribution >= 0.6 is 0 Å². The van der Waals surface area contributed by atoms with Gasteiger partial charge in [0.25, 0.3) is 0 Å². The fraction of sp³-hybridized carbons (Fsp3) is 0.500. The van der Waals surface area contributed by atoms with Crippen molar-refractivity contribution in [2.75, 3.05) is 0 Å². The maximum Gasteiger partial charge on any atom is 0.583 e. The molecule has 0 aliphatic carbocycles. The van der Waals surface area contributed by atoms with Crippen molar-refractivity contribution < 1.29 is 22.9 Å². The van der Waals surface area contributed by atoms with Crippen molar-refractivity contribution in [1.82, 2.24) is 0 Å². The van der Waals surface area contributed by atoms with Gasteiger partial charge in [0.2, 0.25) is 6.07 Å². The van der Waals surface area contributed by atoms with E-state index in [0.717, 1.165) is 0 Å². The molecule has 0 fully saturated rings. The molecule has 0 saturated heterocycles. The molecular formula is C2H2BF3O2. The molecule has 0 amide bonds. The van der Waals surface area contributed by atoms with Crippen LogP contribution in [-0.2, 0) is 4.79 Å². The van der Waals surface area contributed by atoms with Crippen molar-refractivity contribution in [2.24, 2.45) is 0 Å². The predicted molar refractivity (Wildman–Crippen MR) is 20.5 cm³/mol. The van der Waals surface area contributed by atoms with Crippen LogP contribution in [-0.4, -0.2) is 24.4 Å². The highest BCUT2D eigenvalue weighted by Crippen LogP contribution is 1.99. The average molecular weight is 126 g/mol. The third-order valence-electron chi connectivity index (χ3n) is 0.457. The fourth-order valence-corrected chi connectivity index (χ4v) is 0.108. The first kappa shape index (κ1) is 7.32. The van der Waals surface area contributed by atoms with Crippen LogP contribution in [0.4, 0.5) is 13.0 Å². The van der Waals surface area contributed by atoms with Gasteiger partial charge in [-0.25, -0.2) is 9.18 Å². The van der Waals surface area contributed by atoms with Crippen LogP contribution in [0.3, 0.4) is 0 Å². The van der Waals surface area contributed by atoms with Gasteiger partial charge >= 0.3 is 13.2 Å². The summed E-state index contributed by atoms with van der Waals surface area (Å²) < 4.78 is 33.1. The Bertz CT molecular complexity index is 95.3. The van der Waals surface area contributed by atoms with Gasteiger partial charge < -0.3 is 5.11 Å². The maximum absolute atomic E-state index is 11.3. The Morgan fingerprint density at radius 2 is 2.00 bits per heavy atom. The van der Waals surface area contributed by atoms with Gasteiger partial charge in [-0.1, -0.05) is 0 Å². The quantitative estimate of drug-likeness (QED) is 0.542. The molecule has 1 N–H and O–H groups in total. The van der Waals surface area contributed by atoms with Crippen LogP contribution in [0.1, 0.15) is 0 Å². The molecule has 46 valence electrons. The van der Waals surface area contributed by atoms with Crippen molar-refractivity contribution in [2.45, 2.75) is 6.07 Å². The summed E-state index contributed by atoms with van der Waals surface area (Å²) in [6.07, 6.45) is -3.05. The smallest absolute Gasteiger partial charge is 0.479 e. The van der Waals surface area contributed by atoms with Gasteiger partial charge in [-0.05, 0) is 0 Å². The molecule has 2 nitrogen and oxygen atoms in total. The summed E-state index contributed by atoms with van der Waals surface area (Å²) in [5.74, 6) is -2.12. The molecule has 0 radical (unpaired) electrons. The van der Waals surface area contributed by atoms with E-state index in [0.29, 0.717) is 0 Å². The van der Waals surface area contributed by atoms with E-state index < -0.39 is 19.3 Å². The number of alkyl halides is 1. The van der Waals surface area contributed by atoms with Gasteiger partial charge in [-0.3, -0.25) is 8.63 Å². The summed E-state index contributed by atoms with van der Waals surface area (Å²) in [7, 11) is -3.42. The molecule has 0 saturated carbocycles. The first-order valence-corrected chi connectivity index (χ1v) is 1.70. The zero-order valence-corrected chi connectivity index (χ0v) is 3.64. The molecule has 0 aliphatic rings. The highest BCUT2D eigenvalue weighted by Gasteiger charge is 2.34. The van der Waals surface area contributed by atoms with E-state index in [1.165, 1.54) is 0 Å². The van der Waals surface area contributed by atoms with E-state index in [1.807, 2.05) is 0 Å². The van der Waals surface area contributed by atoms with Gasteiger partial charge in [-0.2, -0.15) is 0 Å². The van der Waals surface area contributed by atoms with Crippen molar-refractivity contribution in [3.8, 4) is 0 Å². The number of rotatable bonds is 2. The summed E-state index contributed by atoms with van der Waals surface area (Å²) in [4.78, 5) is 9.29. The Morgan fingerprint density at radius 1 is 1.62 bits per heavy atom. The second-order valence-electron chi connectivity index (χ2n) is 1.07. The van der Waals surface area contributed by atoms with Crippen LogP contribution in [0.25, 0.3) is 0 Å². The fourth-order valence-electron chi connectivity index (χ4n) is 0.108. The third kappa shape index (κ3) is 1.86. The van der Waals surface area contributed by atoms with Gasteiger partial charge in [0.05, 0.1) is 0 Å². The van der Waals surface area contributed by atoms with Gasteiger partial charge in [0.1, 0.15) is 0 Å². The maximum atomic E-state index is 11.3. The van der Waals surface area contributed by atoms with Crippen LogP contribution in [0, 0.1) is 0 Å². The first-order chi connectivity index (χ1) is 3.55. The number of aliphatic carboxylic acids is 1. The minimum atomic E-state index is -3.42. The number of carboxylic acids is 1. The molecule has 0 aliphatic heterocycles. The van der Waals surface area contributed by atoms with Gasteiger partial charge in [0, 0.05) is 0 Å². The standard InChI is InChI=1S/C2H2BF3O2/c4-1(2(7)8)3(5)6/h1H,(H,7,8). The number of halogens is 3. The largest absolute Gasteiger partial charge is 0.583 e. The van der Waals surface area contributed by atoms with E-state index in [2.05, 4.69) is 0 Å². The predicted octanol–water partition coefficient (Wildman–Crippen LogP) is 0.376. The lowest BCUT2D eigenvalue weighted by molar-refractivity contribution is -0.140. The summed E-state index contributed by atoms with van der Waals surface area (Å²) in [5, 5.41) is 7.50. The minimum Gasteiger partial charge on any atom is -0.479 e. The third-order valence-corrected chi connectivity index (χ3v) is 0.457. The normalized spacial score (nSPS) is 12.9. The molecule has 0 aromatic rings. The minimum absolute atomic E-state index is 2.12. The van der Waals surface area contributed by atoms with E-state index >= 15 is 0 Å². The number of carbonyl (C=O) groups is 1. The highest BCUT2D eigenvalue weighted by molar-refractivity contribution is 6.49. The van der Waals surface area contributed by atoms with Crippen molar-refractivity contribution in [3.05, 3.63) is 0 Å². The van der Waals surface area contributed by atoms with Crippen molar-refractivity contribution in [3.63, 3.8) is 0 Å². The molecule has 1 atom stereocenters. The SMILES string of the molecule is O=C(O)C(F)B(F)F. The van der Waals surface area contributed by atoms with E-state index in [9.17, 15) is 17.8 Å². The van der Waals surface area contributed by atoms with E-state index in [1.54, 1.807) is 0 Å². The van der Waals surface area contributed by atoms with E-state index in [-0.39, 0.29) is 0 Å². The number of hydrogen-bond donors (Lipinski definition) is 1. The zero-order chi connectivity index (χ0) is 6.73. The Labute approximate surface area is 43.5 Å². The van der Waals surface area contributed by atoms with Gasteiger partial charge in [-0.15, -0.1) is 0 Å². The van der Waals surface area contributed by atoms with Gasteiger partial charge in [0.15, 0.2) is 0 Å². The highest BCUT2D eigenvalue weighted by atomic mass is 19.2. The first-order valence-electron chi connectivity index (χ1n) is 1.70. The Morgan fingerprint density at radius 3 is 2.00 bits per heavy atom. The van der Waals surface area contributed by atoms with Crippen LogP contribution in [0.5, 0.6) is 0 Å². The second kappa shape index (κ2) is 2.59. The molecule has 8 heavy (non-hydrogen) atoms. The molecule has 1 unspecified atom stereocenters. The Hall–Kier alpha value is -0.675. The summed E-state index contributed by atoms with van der Waals surface area (Å²) in [5.41, 5.74) is 0. The van der Waals surface area contributed by atoms with Crippen LogP contribution in [0.2, 0.25) is 0 Å². The summed E-state index contributed by atoms with van der Waals surface area (Å²) in [6.45, 7) is 0. The molecule has 0 aromatic carbocycles. The Kier molecular flexibility index (Phi) is 2.37. The average Bonchev–Trinajstić information content (AvgIpc) is 1.64. The molecule has 0 heterocycles. The number of carboxylic acid groups (broad SMARTS) is 1. The monoisotopic (exact) mass is 126 g/mol. The molecule has 0 aromatic heterocycles. The lowest BCUT2D eigenvalue weighted by Gasteiger charge is -1.92. The molecule has 0 rings (SSSR count). The summed E-state index contributed by atoms with van der Waals surface area (Å²) in [6, 6.07) is 0. The van der Waals surface area contributed by atoms with E-state index in [4.69, 9.17) is 5.11 Å². The molecule has 6 heteroatoms. The lowest BCUT2D eigenvalue weighted by atomic mass is 9.91. The molecular weight excluding hydrogens is 124 g/mol. The van der Waals surface area contributed by atoms with Crippen LogP contribution < -0.4 is 0 Å². The van der Waals surface area contributed by atoms with Crippen molar-refractivity contribution in [1.29, 1.82) is 0 Å². The second-order valence-corrected chi connectivity index (χ2v) is 1.07. The lowest BCUT2D eigenvalue weighted by Crippen LogP contribution is -2.26. The number of hydrogen-bond acceptors (Lipinski definition) is 1. The Balaban J connectivity index is 3.64. The summed E-state index contributed by atoms with van der Waals surface area (Å²) >= 11 is 0. The topological polar surface area (TPSA) is 37.3 Å². The molecule has 0 spiro atoms. The zero-order valence-electron chi connectivity index (χ0n) is 3.64. The molecule has 0 bridgehead atoms. The van der Waals surface area contributed by atoms with Crippen LogP contribution in [0.15, 0.2) is 0 Å².